The van der Waals surface area contributed by atoms with Crippen molar-refractivity contribution in [2.45, 2.75) is 32.9 Å². The lowest BCUT2D eigenvalue weighted by Crippen LogP contribution is -2.43. The van der Waals surface area contributed by atoms with E-state index in [0.29, 0.717) is 39.5 Å². The second-order valence-corrected chi connectivity index (χ2v) is 10.1. The standard InChI is InChI=1S/C30H27Cl2FN2O4/c1-2-3-12-34(30(38)21-13-23(31)15-24(32)14-21)18-28(36)35(16-20-8-10-25(33)11-9-20)17-22-19-39-27-7-5-4-6-26(27)29(22)37/h4-11,13-15,19H,2-3,12,16-18H2,1H3. The molecule has 0 fully saturated rings. The number of unbranched alkanes of at least 4 members (excludes halogenated alkanes) is 1. The van der Waals surface area contributed by atoms with Crippen molar-refractivity contribution in [1.29, 1.82) is 0 Å². The van der Waals surface area contributed by atoms with Crippen LogP contribution < -0.4 is 5.43 Å². The van der Waals surface area contributed by atoms with Gasteiger partial charge in [0.2, 0.25) is 5.91 Å². The highest BCUT2D eigenvalue weighted by molar-refractivity contribution is 6.35. The zero-order chi connectivity index (χ0) is 27.9. The van der Waals surface area contributed by atoms with Gasteiger partial charge >= 0.3 is 0 Å². The van der Waals surface area contributed by atoms with E-state index in [1.165, 1.54) is 46.4 Å². The first-order valence-electron chi connectivity index (χ1n) is 12.5. The highest BCUT2D eigenvalue weighted by atomic mass is 35.5. The van der Waals surface area contributed by atoms with E-state index in [4.69, 9.17) is 27.6 Å². The normalized spacial score (nSPS) is 11.0. The summed E-state index contributed by atoms with van der Waals surface area (Å²) in [6.45, 7) is 2.14. The van der Waals surface area contributed by atoms with Crippen molar-refractivity contribution in [1.82, 2.24) is 9.80 Å². The zero-order valence-corrected chi connectivity index (χ0v) is 22.8. The van der Waals surface area contributed by atoms with Crippen molar-refractivity contribution in [3.8, 4) is 0 Å². The average molecular weight is 569 g/mol. The van der Waals surface area contributed by atoms with Crippen LogP contribution in [0.5, 0.6) is 0 Å². The lowest BCUT2D eigenvalue weighted by molar-refractivity contribution is -0.133. The van der Waals surface area contributed by atoms with E-state index in [-0.39, 0.29) is 48.0 Å². The van der Waals surface area contributed by atoms with Crippen LogP contribution in [0.25, 0.3) is 11.0 Å². The monoisotopic (exact) mass is 568 g/mol. The van der Waals surface area contributed by atoms with Gasteiger partial charge < -0.3 is 14.2 Å². The van der Waals surface area contributed by atoms with Gasteiger partial charge in [-0.15, -0.1) is 0 Å². The largest absolute Gasteiger partial charge is 0.464 e. The molecule has 6 nitrogen and oxygen atoms in total. The molecule has 0 bridgehead atoms. The Kier molecular flexibility index (Phi) is 9.38. The van der Waals surface area contributed by atoms with Gasteiger partial charge in [-0.3, -0.25) is 14.4 Å². The van der Waals surface area contributed by atoms with Gasteiger partial charge in [0.25, 0.3) is 5.91 Å². The molecule has 0 radical (unpaired) electrons. The van der Waals surface area contributed by atoms with Crippen molar-refractivity contribution in [3.05, 3.63) is 116 Å². The summed E-state index contributed by atoms with van der Waals surface area (Å²) in [6.07, 6.45) is 2.84. The third-order valence-electron chi connectivity index (χ3n) is 6.26. The molecule has 0 saturated carbocycles. The minimum Gasteiger partial charge on any atom is -0.464 e. The van der Waals surface area contributed by atoms with Crippen LogP contribution in [0.4, 0.5) is 4.39 Å². The summed E-state index contributed by atoms with van der Waals surface area (Å²) in [6, 6.07) is 17.2. The molecule has 0 unspecified atom stereocenters. The van der Waals surface area contributed by atoms with Crippen LogP contribution in [0.1, 0.15) is 41.3 Å². The number of carbonyl (C=O) groups excluding carboxylic acids is 2. The molecule has 0 spiro atoms. The van der Waals surface area contributed by atoms with Gasteiger partial charge in [-0.25, -0.2) is 4.39 Å². The third-order valence-corrected chi connectivity index (χ3v) is 6.69. The van der Waals surface area contributed by atoms with Crippen molar-refractivity contribution in [2.24, 2.45) is 0 Å². The molecule has 9 heteroatoms. The van der Waals surface area contributed by atoms with Crippen LogP contribution in [0.3, 0.4) is 0 Å². The van der Waals surface area contributed by atoms with E-state index in [9.17, 15) is 18.8 Å². The molecule has 4 rings (SSSR count). The second-order valence-electron chi connectivity index (χ2n) is 9.20. The van der Waals surface area contributed by atoms with Gasteiger partial charge in [0.05, 0.1) is 23.8 Å². The molecule has 0 atom stereocenters. The zero-order valence-electron chi connectivity index (χ0n) is 21.3. The van der Waals surface area contributed by atoms with E-state index in [0.717, 1.165) is 6.42 Å². The molecule has 0 aliphatic carbocycles. The summed E-state index contributed by atoms with van der Waals surface area (Å²) >= 11 is 12.2. The summed E-state index contributed by atoms with van der Waals surface area (Å²) in [5.74, 6) is -1.17. The SMILES string of the molecule is CCCCN(CC(=O)N(Cc1ccc(F)cc1)Cc1coc2ccccc2c1=O)C(=O)c1cc(Cl)cc(Cl)c1. The molecule has 1 heterocycles. The van der Waals surface area contributed by atoms with Crippen LogP contribution in [-0.2, 0) is 17.9 Å². The molecule has 0 saturated heterocycles. The van der Waals surface area contributed by atoms with E-state index >= 15 is 0 Å². The molecule has 0 N–H and O–H groups in total. The van der Waals surface area contributed by atoms with E-state index in [1.54, 1.807) is 36.4 Å². The second kappa shape index (κ2) is 12.9. The molecule has 39 heavy (non-hydrogen) atoms. The molecule has 0 aliphatic rings. The molecule has 0 aliphatic heterocycles. The number of hydrogen-bond donors (Lipinski definition) is 0. The Labute approximate surface area is 235 Å². The van der Waals surface area contributed by atoms with Crippen molar-refractivity contribution in [3.63, 3.8) is 0 Å². The Morgan fingerprint density at radius 1 is 0.923 bits per heavy atom. The summed E-state index contributed by atoms with van der Waals surface area (Å²) < 4.78 is 19.2. The van der Waals surface area contributed by atoms with Gasteiger partial charge in [-0.05, 0) is 54.4 Å². The average Bonchev–Trinajstić information content (AvgIpc) is 2.92. The quantitative estimate of drug-likeness (QED) is 0.213. The van der Waals surface area contributed by atoms with Crippen LogP contribution in [0.15, 0.2) is 82.2 Å². The first-order valence-corrected chi connectivity index (χ1v) is 13.3. The highest BCUT2D eigenvalue weighted by Gasteiger charge is 2.24. The summed E-state index contributed by atoms with van der Waals surface area (Å²) in [5.41, 5.74) is 1.43. The fourth-order valence-corrected chi connectivity index (χ4v) is 4.73. The maximum atomic E-state index is 13.7. The Bertz CT molecular complexity index is 1520. The molecule has 2 amide bonds. The van der Waals surface area contributed by atoms with Crippen LogP contribution in [-0.4, -0.2) is 34.7 Å². The number of benzene rings is 3. The predicted octanol–water partition coefficient (Wildman–Crippen LogP) is 6.71. The fourth-order valence-electron chi connectivity index (χ4n) is 4.20. The summed E-state index contributed by atoms with van der Waals surface area (Å²) in [5, 5.41) is 1.03. The smallest absolute Gasteiger partial charge is 0.254 e. The summed E-state index contributed by atoms with van der Waals surface area (Å²) in [4.78, 5) is 43.2. The third kappa shape index (κ3) is 7.25. The minimum atomic E-state index is -0.400. The molecule has 1 aromatic heterocycles. The number of nitrogens with zero attached hydrogens (tertiary/aromatic N) is 2. The Morgan fingerprint density at radius 3 is 2.31 bits per heavy atom. The van der Waals surface area contributed by atoms with E-state index in [2.05, 4.69) is 0 Å². The maximum absolute atomic E-state index is 13.7. The Balaban J connectivity index is 1.64. The van der Waals surface area contributed by atoms with Gasteiger partial charge in [0, 0.05) is 28.7 Å². The first-order chi connectivity index (χ1) is 18.7. The minimum absolute atomic E-state index is 0.0534. The van der Waals surface area contributed by atoms with Gasteiger partial charge in [-0.2, -0.15) is 0 Å². The number of para-hydroxylation sites is 1. The molecule has 4 aromatic rings. The molecule has 3 aromatic carbocycles. The molecule has 202 valence electrons. The molecular weight excluding hydrogens is 542 g/mol. The number of halogens is 3. The number of carbonyl (C=O) groups is 2. The van der Waals surface area contributed by atoms with Gasteiger partial charge in [0.1, 0.15) is 17.9 Å². The number of amides is 2. The maximum Gasteiger partial charge on any atom is 0.254 e. The van der Waals surface area contributed by atoms with Crippen LogP contribution >= 0.6 is 23.2 Å². The number of hydrogen-bond acceptors (Lipinski definition) is 4. The Hall–Kier alpha value is -3.68. The van der Waals surface area contributed by atoms with Crippen molar-refractivity contribution < 1.29 is 18.4 Å². The van der Waals surface area contributed by atoms with E-state index < -0.39 is 5.82 Å². The van der Waals surface area contributed by atoms with Gasteiger partial charge in [0.15, 0.2) is 5.43 Å². The topological polar surface area (TPSA) is 70.8 Å². The lowest BCUT2D eigenvalue weighted by Gasteiger charge is -2.28. The van der Waals surface area contributed by atoms with E-state index in [1.807, 2.05) is 6.92 Å². The lowest BCUT2D eigenvalue weighted by atomic mass is 10.1. The first kappa shape index (κ1) is 28.3. The Morgan fingerprint density at radius 2 is 1.62 bits per heavy atom. The predicted molar refractivity (Wildman–Crippen MR) is 150 cm³/mol. The van der Waals surface area contributed by atoms with Crippen molar-refractivity contribution in [2.75, 3.05) is 13.1 Å². The fraction of sp³-hybridized carbons (Fsp3) is 0.233. The highest BCUT2D eigenvalue weighted by Crippen LogP contribution is 2.21. The number of rotatable bonds is 10. The number of fused-ring (bicyclic) bond motifs is 1. The van der Waals surface area contributed by atoms with Crippen molar-refractivity contribution >= 4 is 46.0 Å². The van der Waals surface area contributed by atoms with Crippen LogP contribution in [0, 0.1) is 5.82 Å². The van der Waals surface area contributed by atoms with Gasteiger partial charge in [-0.1, -0.05) is 60.8 Å². The van der Waals surface area contributed by atoms with Crippen LogP contribution in [0.2, 0.25) is 10.0 Å². The summed E-state index contributed by atoms with van der Waals surface area (Å²) in [7, 11) is 0. The molecular formula is C30H27Cl2FN2O4.